The lowest BCUT2D eigenvalue weighted by Crippen LogP contribution is -2.31. The van der Waals surface area contributed by atoms with Crippen LogP contribution in [0.25, 0.3) is 11.0 Å². The Kier molecular flexibility index (Phi) is 4.76. The number of nitrogens with one attached hydrogen (secondary N) is 3. The highest BCUT2D eigenvalue weighted by Gasteiger charge is 2.33. The number of imidazole rings is 1. The number of H-pyrrole nitrogens is 1. The number of nitrogens with zero attached hydrogens (tertiary/aromatic N) is 1. The van der Waals surface area contributed by atoms with Crippen LogP contribution in [0.2, 0.25) is 10.0 Å². The van der Waals surface area contributed by atoms with Crippen molar-refractivity contribution in [3.8, 4) is 0 Å². The number of carbonyl (C=O) groups is 1. The summed E-state index contributed by atoms with van der Waals surface area (Å²) in [6.45, 7) is 1.68. The van der Waals surface area contributed by atoms with Crippen LogP contribution in [-0.4, -0.2) is 16.0 Å². The van der Waals surface area contributed by atoms with E-state index in [9.17, 15) is 18.0 Å². The number of rotatable bonds is 3. The van der Waals surface area contributed by atoms with Gasteiger partial charge in [-0.3, -0.25) is 5.32 Å². The molecule has 0 aliphatic heterocycles. The number of aromatic amines is 1. The van der Waals surface area contributed by atoms with Gasteiger partial charge in [-0.25, -0.2) is 9.78 Å². The molecule has 0 spiro atoms. The number of hydrogen-bond donors (Lipinski definition) is 3. The molecule has 0 aliphatic rings. The van der Waals surface area contributed by atoms with Crippen LogP contribution in [-0.2, 0) is 6.18 Å². The van der Waals surface area contributed by atoms with Crippen LogP contribution in [0.5, 0.6) is 0 Å². The molecule has 1 aromatic carbocycles. The van der Waals surface area contributed by atoms with Gasteiger partial charge in [0.05, 0.1) is 23.5 Å². The minimum absolute atomic E-state index is 0.252. The summed E-state index contributed by atoms with van der Waals surface area (Å²) in [5.74, 6) is -0.325. The Morgan fingerprint density at radius 1 is 1.35 bits per heavy atom. The Bertz CT molecular complexity index is 968. The maximum Gasteiger partial charge on any atom is 0.432 e. The molecule has 2 heterocycles. The first-order chi connectivity index (χ1) is 12.2. The van der Waals surface area contributed by atoms with Gasteiger partial charge in [-0.15, -0.1) is 0 Å². The van der Waals surface area contributed by atoms with Crippen molar-refractivity contribution in [2.75, 3.05) is 5.32 Å². The predicted molar refractivity (Wildman–Crippen MR) is 90.4 cm³/mol. The average Bonchev–Trinajstić information content (AvgIpc) is 3.17. The SMILES string of the molecule is CC(NC(=O)Nc1ncc(C(F)(F)F)[nH]1)c1coc2c(Cl)c(Cl)ccc12. The number of alkyl halides is 3. The van der Waals surface area contributed by atoms with Gasteiger partial charge in [0.1, 0.15) is 10.7 Å². The molecule has 2 aromatic heterocycles. The number of hydrogen-bond acceptors (Lipinski definition) is 3. The molecular formula is C15H11Cl2F3N4O2. The molecule has 11 heteroatoms. The molecule has 1 atom stereocenters. The van der Waals surface area contributed by atoms with Gasteiger partial charge >= 0.3 is 12.2 Å². The standard InChI is InChI=1S/C15H11Cl2F3N4O2/c1-6(8-5-26-12-7(8)2-3-9(16)11(12)17)22-14(25)24-13-21-4-10(23-13)15(18,19)20/h2-6H,1H3,(H3,21,22,23,24,25). The summed E-state index contributed by atoms with van der Waals surface area (Å²) in [7, 11) is 0. The Hall–Kier alpha value is -2.39. The average molecular weight is 407 g/mol. The molecule has 3 N–H and O–H groups in total. The second-order valence-electron chi connectivity index (χ2n) is 5.39. The summed E-state index contributed by atoms with van der Waals surface area (Å²) >= 11 is 12.0. The van der Waals surface area contributed by atoms with Gasteiger partial charge < -0.3 is 14.7 Å². The fraction of sp³-hybridized carbons (Fsp3) is 0.200. The van der Waals surface area contributed by atoms with Crippen molar-refractivity contribution in [1.29, 1.82) is 0 Å². The van der Waals surface area contributed by atoms with Crippen molar-refractivity contribution in [3.05, 3.63) is 45.9 Å². The Labute approximate surface area is 154 Å². The summed E-state index contributed by atoms with van der Waals surface area (Å²) in [4.78, 5) is 17.4. The minimum atomic E-state index is -4.58. The van der Waals surface area contributed by atoms with Crippen molar-refractivity contribution in [2.24, 2.45) is 0 Å². The van der Waals surface area contributed by atoms with E-state index in [4.69, 9.17) is 27.6 Å². The Morgan fingerprint density at radius 2 is 2.08 bits per heavy atom. The highest BCUT2D eigenvalue weighted by atomic mass is 35.5. The molecule has 26 heavy (non-hydrogen) atoms. The first-order valence-corrected chi connectivity index (χ1v) is 7.97. The number of halogens is 5. The lowest BCUT2D eigenvalue weighted by molar-refractivity contribution is -0.140. The number of aromatic nitrogens is 2. The number of furan rings is 1. The molecule has 0 radical (unpaired) electrons. The summed E-state index contributed by atoms with van der Waals surface area (Å²) in [6, 6.07) is 2.03. The predicted octanol–water partition coefficient (Wildman–Crippen LogP) is 5.36. The molecule has 0 saturated heterocycles. The number of fused-ring (bicyclic) bond motifs is 1. The van der Waals surface area contributed by atoms with E-state index in [0.29, 0.717) is 27.8 Å². The first kappa shape index (κ1) is 18.4. The summed E-state index contributed by atoms with van der Waals surface area (Å²) in [5, 5.41) is 6.02. The van der Waals surface area contributed by atoms with Gasteiger partial charge in [0.15, 0.2) is 5.58 Å². The monoisotopic (exact) mass is 406 g/mol. The van der Waals surface area contributed by atoms with Gasteiger partial charge in [-0.05, 0) is 19.1 Å². The fourth-order valence-electron chi connectivity index (χ4n) is 2.34. The molecule has 0 fully saturated rings. The maximum absolute atomic E-state index is 12.5. The Morgan fingerprint density at radius 3 is 2.73 bits per heavy atom. The van der Waals surface area contributed by atoms with E-state index in [1.54, 1.807) is 19.1 Å². The number of amides is 2. The molecule has 0 aliphatic carbocycles. The van der Waals surface area contributed by atoms with Crippen LogP contribution in [0.1, 0.15) is 24.2 Å². The second-order valence-corrected chi connectivity index (χ2v) is 6.18. The second kappa shape index (κ2) is 6.73. The lowest BCUT2D eigenvalue weighted by atomic mass is 10.1. The first-order valence-electron chi connectivity index (χ1n) is 7.21. The van der Waals surface area contributed by atoms with Crippen molar-refractivity contribution >= 4 is 46.2 Å². The summed E-state index contributed by atoms with van der Waals surface area (Å²) in [5.41, 5.74) is -0.0542. The third-order valence-corrected chi connectivity index (χ3v) is 4.38. The van der Waals surface area contributed by atoms with E-state index in [1.807, 2.05) is 4.98 Å². The smallest absolute Gasteiger partial charge is 0.432 e. The normalized spacial score (nSPS) is 13.0. The molecular weight excluding hydrogens is 396 g/mol. The third kappa shape index (κ3) is 3.58. The lowest BCUT2D eigenvalue weighted by Gasteiger charge is -2.13. The fourth-order valence-corrected chi connectivity index (χ4v) is 2.70. The van der Waals surface area contributed by atoms with Gasteiger partial charge in [0, 0.05) is 10.9 Å². The number of carbonyl (C=O) groups excluding carboxylic acids is 1. The molecule has 6 nitrogen and oxygen atoms in total. The van der Waals surface area contributed by atoms with Crippen LogP contribution in [0.15, 0.2) is 29.0 Å². The van der Waals surface area contributed by atoms with Crippen LogP contribution >= 0.6 is 23.2 Å². The third-order valence-electron chi connectivity index (χ3n) is 3.59. The molecule has 3 aromatic rings. The topological polar surface area (TPSA) is 83.0 Å². The minimum Gasteiger partial charge on any atom is -0.462 e. The van der Waals surface area contributed by atoms with E-state index in [2.05, 4.69) is 15.6 Å². The number of benzene rings is 1. The van der Waals surface area contributed by atoms with E-state index < -0.39 is 23.9 Å². The quantitative estimate of drug-likeness (QED) is 0.546. The van der Waals surface area contributed by atoms with Gasteiger partial charge in [0.2, 0.25) is 5.95 Å². The molecule has 1 unspecified atom stereocenters. The Balaban J connectivity index is 1.72. The van der Waals surface area contributed by atoms with E-state index in [0.717, 1.165) is 0 Å². The summed E-state index contributed by atoms with van der Waals surface area (Å²) < 4.78 is 42.9. The van der Waals surface area contributed by atoms with Crippen LogP contribution in [0, 0.1) is 0 Å². The zero-order valence-electron chi connectivity index (χ0n) is 13.0. The van der Waals surface area contributed by atoms with Crippen molar-refractivity contribution in [1.82, 2.24) is 15.3 Å². The van der Waals surface area contributed by atoms with Crippen LogP contribution in [0.4, 0.5) is 23.9 Å². The van der Waals surface area contributed by atoms with Gasteiger partial charge in [0.25, 0.3) is 0 Å². The van der Waals surface area contributed by atoms with Crippen LogP contribution < -0.4 is 10.6 Å². The summed E-state index contributed by atoms with van der Waals surface area (Å²) in [6.07, 6.45) is -2.56. The van der Waals surface area contributed by atoms with Gasteiger partial charge in [-0.2, -0.15) is 13.2 Å². The maximum atomic E-state index is 12.5. The highest BCUT2D eigenvalue weighted by Crippen LogP contribution is 2.35. The molecule has 0 saturated carbocycles. The molecule has 0 bridgehead atoms. The highest BCUT2D eigenvalue weighted by molar-refractivity contribution is 6.44. The largest absolute Gasteiger partial charge is 0.462 e. The van der Waals surface area contributed by atoms with Crippen molar-refractivity contribution < 1.29 is 22.4 Å². The number of urea groups is 1. The van der Waals surface area contributed by atoms with Crippen molar-refractivity contribution in [2.45, 2.75) is 19.1 Å². The zero-order valence-corrected chi connectivity index (χ0v) is 14.6. The molecule has 3 rings (SSSR count). The molecule has 2 amide bonds. The number of anilines is 1. The van der Waals surface area contributed by atoms with Crippen molar-refractivity contribution in [3.63, 3.8) is 0 Å². The van der Waals surface area contributed by atoms with E-state index in [-0.39, 0.29) is 11.0 Å². The van der Waals surface area contributed by atoms with E-state index in [1.165, 1.54) is 6.26 Å². The zero-order chi connectivity index (χ0) is 19.1. The molecule has 138 valence electrons. The van der Waals surface area contributed by atoms with Crippen LogP contribution in [0.3, 0.4) is 0 Å². The van der Waals surface area contributed by atoms with Gasteiger partial charge in [-0.1, -0.05) is 23.2 Å². The van der Waals surface area contributed by atoms with E-state index >= 15 is 0 Å².